The Labute approximate surface area is 262 Å². The molecule has 0 saturated carbocycles. The summed E-state index contributed by atoms with van der Waals surface area (Å²) in [4.78, 5) is 17.5. The molecule has 3 N–H and O–H groups in total. The van der Waals surface area contributed by atoms with Crippen molar-refractivity contribution in [1.29, 1.82) is 0 Å². The highest BCUT2D eigenvalue weighted by Crippen LogP contribution is 2.62. The second kappa shape index (κ2) is 12.8. The number of hydrogen-bond donors (Lipinski definition) is 3. The summed E-state index contributed by atoms with van der Waals surface area (Å²) in [6.07, 6.45) is 10.9. The molecule has 7 nitrogen and oxygen atoms in total. The van der Waals surface area contributed by atoms with Crippen LogP contribution in [-0.4, -0.2) is 76.9 Å². The lowest BCUT2D eigenvalue weighted by Crippen LogP contribution is -2.64. The van der Waals surface area contributed by atoms with Gasteiger partial charge in [-0.3, -0.25) is 9.69 Å². The van der Waals surface area contributed by atoms with Gasteiger partial charge >= 0.3 is 0 Å². The summed E-state index contributed by atoms with van der Waals surface area (Å²) < 4.78 is 6.09. The van der Waals surface area contributed by atoms with Crippen LogP contribution in [0.1, 0.15) is 67.7 Å². The van der Waals surface area contributed by atoms with Crippen molar-refractivity contribution in [3.63, 3.8) is 0 Å². The maximum atomic E-state index is 12.7. The van der Waals surface area contributed by atoms with E-state index < -0.39 is 6.10 Å². The highest BCUT2D eigenvalue weighted by Gasteiger charge is 2.64. The maximum absolute atomic E-state index is 12.7. The molecule has 1 spiro atoms. The van der Waals surface area contributed by atoms with E-state index in [0.29, 0.717) is 17.7 Å². The van der Waals surface area contributed by atoms with E-state index in [9.17, 15) is 15.0 Å². The van der Waals surface area contributed by atoms with Gasteiger partial charge in [0.2, 0.25) is 5.91 Å². The Balaban J connectivity index is 0.000000167. The van der Waals surface area contributed by atoms with E-state index in [2.05, 4.69) is 61.1 Å². The van der Waals surface area contributed by atoms with Gasteiger partial charge in [-0.1, -0.05) is 56.2 Å². The fraction of sp³-hybridized carbons (Fsp3) is 0.571. The number of aromatic hydroxyl groups is 1. The van der Waals surface area contributed by atoms with Crippen molar-refractivity contribution in [2.75, 3.05) is 32.0 Å². The largest absolute Gasteiger partial charge is 0.504 e. The first kappa shape index (κ1) is 31.8. The Morgan fingerprint density at radius 2 is 1.88 bits per heavy atom. The third-order valence-corrected chi connectivity index (χ3v) is 10.6. The molecule has 2 fully saturated rings. The Morgan fingerprint density at radius 1 is 1.12 bits per heavy atom. The molecular formula is C35H48ClN3O4. The fourth-order valence-corrected chi connectivity index (χ4v) is 8.37. The Kier molecular flexibility index (Phi) is 9.48. The van der Waals surface area contributed by atoms with E-state index in [0.717, 1.165) is 62.1 Å². The van der Waals surface area contributed by atoms with Crippen LogP contribution < -0.4 is 10.1 Å². The molecule has 2 bridgehead atoms. The van der Waals surface area contributed by atoms with Gasteiger partial charge in [-0.15, -0.1) is 12.4 Å². The van der Waals surface area contributed by atoms with E-state index in [1.165, 1.54) is 30.4 Å². The first-order valence-electron chi connectivity index (χ1n) is 16.0. The number of hydrogen-bond acceptors (Lipinski definition) is 6. The molecule has 234 valence electrons. The number of rotatable bonds is 5. The zero-order valence-corrected chi connectivity index (χ0v) is 26.8. The van der Waals surface area contributed by atoms with E-state index in [1.807, 2.05) is 18.2 Å². The Hall–Kier alpha value is -2.58. The molecule has 2 aromatic carbocycles. The molecule has 8 heteroatoms. The number of likely N-dealkylation sites (N-methyl/N-ethyl adjacent to an activating group) is 1. The number of halogens is 1. The number of anilines is 1. The Bertz CT molecular complexity index is 1340. The van der Waals surface area contributed by atoms with Crippen LogP contribution in [-0.2, 0) is 16.6 Å². The van der Waals surface area contributed by atoms with Gasteiger partial charge in [0.05, 0.1) is 6.04 Å². The number of carbonyl (C=O) groups excluding carboxylic acids is 1. The number of phenols is 1. The molecule has 7 rings (SSSR count). The van der Waals surface area contributed by atoms with E-state index in [4.69, 9.17) is 4.74 Å². The molecule has 0 aromatic heterocycles. The first-order valence-corrected chi connectivity index (χ1v) is 16.0. The molecular weight excluding hydrogens is 562 g/mol. The van der Waals surface area contributed by atoms with Crippen LogP contribution in [0.5, 0.6) is 11.5 Å². The van der Waals surface area contributed by atoms with Crippen molar-refractivity contribution in [2.24, 2.45) is 5.92 Å². The average Bonchev–Trinajstić information content (AvgIpc) is 3.35. The number of nitrogens with zero attached hydrogens (tertiary/aromatic N) is 2. The predicted molar refractivity (Wildman–Crippen MR) is 173 cm³/mol. The average molecular weight is 610 g/mol. The van der Waals surface area contributed by atoms with Crippen molar-refractivity contribution in [2.45, 2.75) is 95.4 Å². The van der Waals surface area contributed by atoms with Crippen LogP contribution in [0.15, 0.2) is 42.5 Å². The molecule has 2 aliphatic carbocycles. The molecule has 1 unspecified atom stereocenters. The number of likely N-dealkylation sites (tertiary alicyclic amines) is 2. The minimum absolute atomic E-state index is 0. The van der Waals surface area contributed by atoms with Gasteiger partial charge in [-0.25, -0.2) is 0 Å². The number of unbranched alkanes of at least 4 members (excludes halogenated alkanes) is 1. The topological polar surface area (TPSA) is 85.3 Å². The van der Waals surface area contributed by atoms with Crippen LogP contribution in [0.3, 0.4) is 0 Å². The first-order chi connectivity index (χ1) is 20.3. The lowest BCUT2D eigenvalue weighted by molar-refractivity contribution is -0.122. The van der Waals surface area contributed by atoms with Gasteiger partial charge in [0.15, 0.2) is 11.5 Å². The maximum Gasteiger partial charge on any atom is 0.241 e. The summed E-state index contributed by atoms with van der Waals surface area (Å²) in [5, 5.41) is 23.8. The summed E-state index contributed by atoms with van der Waals surface area (Å²) in [5.41, 5.74) is 5.56. The number of para-hydroxylation sites is 1. The van der Waals surface area contributed by atoms with Gasteiger partial charge < -0.3 is 25.2 Å². The molecule has 1 amide bonds. The van der Waals surface area contributed by atoms with Crippen LogP contribution >= 0.6 is 12.4 Å². The van der Waals surface area contributed by atoms with Crippen molar-refractivity contribution in [3.05, 3.63) is 64.7 Å². The molecule has 2 saturated heterocycles. The number of phenolic OH excluding ortho intramolecular Hbond substituents is 1. The summed E-state index contributed by atoms with van der Waals surface area (Å²) in [7, 11) is 2.19. The quantitative estimate of drug-likeness (QED) is 0.387. The number of aliphatic hydroxyl groups excluding tert-OH is 1. The molecule has 2 aromatic rings. The van der Waals surface area contributed by atoms with Gasteiger partial charge in [0.1, 0.15) is 12.2 Å². The number of aliphatic hydroxyl groups is 1. The molecule has 6 atom stereocenters. The molecule has 0 radical (unpaired) electrons. The standard InChI is InChI=1S/C18H28N2O.C17H19NO3.ClH/c1-4-5-12-20-13-7-6-11-16(20)18(21)19-17-14(2)9-8-10-15(17)3;1-18-7-6-17-10-3-5-13(20)16(17)21-15-12(19)4-2-9(14(15)17)8-11(10)18;/h8-10,16H,4-7,11-13H2,1-3H3,(H,19,21);2-5,10-11,13,16,19-20H,6-8H2,1H3;1H/t;10-,11+,13-,16-,17-;/m.0./s1. The second-order valence-corrected chi connectivity index (χ2v) is 13.1. The van der Waals surface area contributed by atoms with Gasteiger partial charge in [-0.2, -0.15) is 0 Å². The highest BCUT2D eigenvalue weighted by molar-refractivity contribution is 5.96. The van der Waals surface area contributed by atoms with Crippen molar-refractivity contribution < 1.29 is 19.7 Å². The molecule has 5 aliphatic rings. The minimum atomic E-state index is -0.594. The summed E-state index contributed by atoms with van der Waals surface area (Å²) in [6, 6.07) is 10.4. The van der Waals surface area contributed by atoms with Crippen molar-refractivity contribution >= 4 is 24.0 Å². The zero-order chi connectivity index (χ0) is 29.6. The van der Waals surface area contributed by atoms with Gasteiger partial charge in [0.25, 0.3) is 0 Å². The summed E-state index contributed by atoms with van der Waals surface area (Å²) in [5.74, 6) is 1.36. The zero-order valence-electron chi connectivity index (χ0n) is 26.0. The number of aryl methyl sites for hydroxylation is 2. The third-order valence-electron chi connectivity index (χ3n) is 10.6. The highest BCUT2D eigenvalue weighted by atomic mass is 35.5. The Morgan fingerprint density at radius 3 is 2.63 bits per heavy atom. The van der Waals surface area contributed by atoms with E-state index >= 15 is 0 Å². The molecule has 3 heterocycles. The van der Waals surface area contributed by atoms with Crippen LogP contribution in [0.4, 0.5) is 5.69 Å². The second-order valence-electron chi connectivity index (χ2n) is 13.1. The van der Waals surface area contributed by atoms with Crippen molar-refractivity contribution in [3.8, 4) is 11.5 Å². The summed E-state index contributed by atoms with van der Waals surface area (Å²) in [6.45, 7) is 9.43. The predicted octanol–water partition coefficient (Wildman–Crippen LogP) is 5.52. The number of carbonyl (C=O) groups is 1. The lowest BCUT2D eigenvalue weighted by Gasteiger charge is -2.56. The van der Waals surface area contributed by atoms with Crippen LogP contribution in [0.25, 0.3) is 0 Å². The van der Waals surface area contributed by atoms with Crippen LogP contribution in [0.2, 0.25) is 0 Å². The number of piperidine rings is 2. The SMILES string of the molecule is CCCCN1CCCCC1C(=O)Nc1c(C)cccc1C.CN1CC[C@]23c4c5ccc(O)c4O[C@H]2[C@@H](O)C=C[C@H]3[C@H]1C5.Cl. The minimum Gasteiger partial charge on any atom is -0.504 e. The van der Waals surface area contributed by atoms with Crippen molar-refractivity contribution in [1.82, 2.24) is 9.80 Å². The number of amides is 1. The molecule has 3 aliphatic heterocycles. The number of benzene rings is 2. The van der Waals surface area contributed by atoms with Gasteiger partial charge in [-0.05, 0) is 95.4 Å². The number of nitrogens with one attached hydrogen (secondary N) is 1. The number of ether oxygens (including phenoxy) is 1. The monoisotopic (exact) mass is 609 g/mol. The normalized spacial score (nSPS) is 30.3. The van der Waals surface area contributed by atoms with E-state index in [1.54, 1.807) is 6.07 Å². The smallest absolute Gasteiger partial charge is 0.241 e. The van der Waals surface area contributed by atoms with Gasteiger partial charge in [0, 0.05) is 28.6 Å². The lowest BCUT2D eigenvalue weighted by atomic mass is 9.53. The fourth-order valence-electron chi connectivity index (χ4n) is 8.37. The molecule has 43 heavy (non-hydrogen) atoms. The summed E-state index contributed by atoms with van der Waals surface area (Å²) >= 11 is 0. The van der Waals surface area contributed by atoms with Crippen LogP contribution in [0, 0.1) is 19.8 Å². The van der Waals surface area contributed by atoms with E-state index in [-0.39, 0.29) is 41.6 Å². The third kappa shape index (κ3) is 5.47.